The van der Waals surface area contributed by atoms with Gasteiger partial charge >= 0.3 is 0 Å². The van der Waals surface area contributed by atoms with Crippen molar-refractivity contribution in [3.63, 3.8) is 0 Å². The molecule has 1 unspecified atom stereocenters. The highest BCUT2D eigenvalue weighted by Gasteiger charge is 2.19. The normalized spacial score (nSPS) is 19.5. The molecule has 0 aliphatic carbocycles. The van der Waals surface area contributed by atoms with Gasteiger partial charge in [0.05, 0.1) is 10.2 Å². The van der Waals surface area contributed by atoms with Crippen LogP contribution in [-0.2, 0) is 0 Å². The number of nitrogens with one attached hydrogen (secondary N) is 1. The number of likely N-dealkylation sites (N-methyl/N-ethyl adjacent to an activating group) is 1. The number of aromatic nitrogens is 2. The zero-order chi connectivity index (χ0) is 12.4. The van der Waals surface area contributed by atoms with Gasteiger partial charge in [-0.05, 0) is 37.8 Å². The van der Waals surface area contributed by atoms with Gasteiger partial charge in [-0.1, -0.05) is 0 Å². The summed E-state index contributed by atoms with van der Waals surface area (Å²) in [6.45, 7) is 5.37. The van der Waals surface area contributed by atoms with Gasteiger partial charge in [0.1, 0.15) is 12.1 Å². The Hall–Kier alpha value is -1.20. The Morgan fingerprint density at radius 1 is 1.50 bits per heavy atom. The molecule has 2 aromatic heterocycles. The van der Waals surface area contributed by atoms with E-state index in [1.807, 2.05) is 0 Å². The molecule has 0 spiro atoms. The third-order valence-electron chi connectivity index (χ3n) is 3.51. The molecule has 0 bridgehead atoms. The maximum absolute atomic E-state index is 4.49. The highest BCUT2D eigenvalue weighted by Crippen LogP contribution is 2.28. The smallest absolute Gasteiger partial charge is 0.150 e. The number of thiophene rings is 1. The molecule has 1 saturated heterocycles. The van der Waals surface area contributed by atoms with Crippen LogP contribution in [0.5, 0.6) is 0 Å². The molecular weight excluding hydrogens is 244 g/mol. The van der Waals surface area contributed by atoms with Gasteiger partial charge in [-0.15, -0.1) is 11.3 Å². The third kappa shape index (κ3) is 2.20. The minimum atomic E-state index is 0.606. The summed E-state index contributed by atoms with van der Waals surface area (Å²) >= 11 is 1.73. The molecule has 0 amide bonds. The summed E-state index contributed by atoms with van der Waals surface area (Å²) in [6, 6.07) is 2.67. The highest BCUT2D eigenvalue weighted by molar-refractivity contribution is 7.17. The molecule has 1 aliphatic heterocycles. The first-order chi connectivity index (χ1) is 8.88. The molecule has 1 atom stereocenters. The average Bonchev–Trinajstić information content (AvgIpc) is 3.06. The number of fused-ring (bicyclic) bond motifs is 1. The standard InChI is InChI=1S/C13H18N4S/c1-2-17(8-10-4-3-6-14-10)13-12-11(5-7-18-12)15-9-16-13/h5,7,9-10,14H,2-4,6,8H2,1H3. The Labute approximate surface area is 111 Å². The Morgan fingerprint density at radius 3 is 3.22 bits per heavy atom. The molecule has 0 saturated carbocycles. The molecule has 3 heterocycles. The van der Waals surface area contributed by atoms with E-state index in [0.29, 0.717) is 6.04 Å². The number of hydrogen-bond donors (Lipinski definition) is 1. The summed E-state index contributed by atoms with van der Waals surface area (Å²) in [6.07, 6.45) is 4.24. The van der Waals surface area contributed by atoms with Gasteiger partial charge in [-0.25, -0.2) is 9.97 Å². The monoisotopic (exact) mass is 262 g/mol. The van der Waals surface area contributed by atoms with Crippen LogP contribution >= 0.6 is 11.3 Å². The fourth-order valence-corrected chi connectivity index (χ4v) is 3.41. The molecular formula is C13H18N4S. The number of nitrogens with zero attached hydrogens (tertiary/aromatic N) is 3. The Kier molecular flexibility index (Phi) is 3.43. The Bertz CT molecular complexity index is 518. The molecule has 2 aromatic rings. The second-order valence-corrected chi connectivity index (χ2v) is 5.58. The molecule has 4 nitrogen and oxygen atoms in total. The summed E-state index contributed by atoms with van der Waals surface area (Å²) < 4.78 is 1.21. The third-order valence-corrected chi connectivity index (χ3v) is 4.41. The topological polar surface area (TPSA) is 41.0 Å². The Morgan fingerprint density at radius 2 is 2.44 bits per heavy atom. The maximum Gasteiger partial charge on any atom is 0.150 e. The van der Waals surface area contributed by atoms with Gasteiger partial charge in [-0.2, -0.15) is 0 Å². The van der Waals surface area contributed by atoms with Gasteiger partial charge < -0.3 is 10.2 Å². The fourth-order valence-electron chi connectivity index (χ4n) is 2.55. The molecule has 0 radical (unpaired) electrons. The molecule has 96 valence electrons. The summed E-state index contributed by atoms with van der Waals surface area (Å²) in [7, 11) is 0. The van der Waals surface area contributed by atoms with Crippen LogP contribution in [0.1, 0.15) is 19.8 Å². The van der Waals surface area contributed by atoms with E-state index in [1.54, 1.807) is 17.7 Å². The molecule has 1 aliphatic rings. The van der Waals surface area contributed by atoms with E-state index in [4.69, 9.17) is 0 Å². The van der Waals surface area contributed by atoms with Crippen molar-refractivity contribution in [1.29, 1.82) is 0 Å². The van der Waals surface area contributed by atoms with Crippen LogP contribution in [-0.4, -0.2) is 35.6 Å². The molecule has 0 aromatic carbocycles. The van der Waals surface area contributed by atoms with E-state index in [9.17, 15) is 0 Å². The zero-order valence-corrected chi connectivity index (χ0v) is 11.4. The van der Waals surface area contributed by atoms with Crippen LogP contribution in [0.3, 0.4) is 0 Å². The van der Waals surface area contributed by atoms with Crippen LogP contribution in [0.2, 0.25) is 0 Å². The second-order valence-electron chi connectivity index (χ2n) is 4.66. The highest BCUT2D eigenvalue weighted by atomic mass is 32.1. The number of rotatable bonds is 4. The van der Waals surface area contributed by atoms with Gasteiger partial charge in [0.15, 0.2) is 0 Å². The lowest BCUT2D eigenvalue weighted by molar-refractivity contribution is 0.584. The zero-order valence-electron chi connectivity index (χ0n) is 10.6. The quantitative estimate of drug-likeness (QED) is 0.917. The minimum absolute atomic E-state index is 0.606. The number of anilines is 1. The van der Waals surface area contributed by atoms with Crippen molar-refractivity contribution in [1.82, 2.24) is 15.3 Å². The van der Waals surface area contributed by atoms with Crippen molar-refractivity contribution in [2.24, 2.45) is 0 Å². The average molecular weight is 262 g/mol. The van der Waals surface area contributed by atoms with Gasteiger partial charge in [-0.3, -0.25) is 0 Å². The minimum Gasteiger partial charge on any atom is -0.354 e. The van der Waals surface area contributed by atoms with Crippen molar-refractivity contribution >= 4 is 27.4 Å². The molecule has 3 rings (SSSR count). The van der Waals surface area contributed by atoms with Crippen LogP contribution in [0, 0.1) is 0 Å². The summed E-state index contributed by atoms with van der Waals surface area (Å²) in [4.78, 5) is 11.2. The first-order valence-corrected chi connectivity index (χ1v) is 7.43. The second kappa shape index (κ2) is 5.20. The predicted octanol–water partition coefficient (Wildman–Crippen LogP) is 2.27. The van der Waals surface area contributed by atoms with Gasteiger partial charge in [0.2, 0.25) is 0 Å². The summed E-state index contributed by atoms with van der Waals surface area (Å²) in [5.41, 5.74) is 1.06. The van der Waals surface area contributed by atoms with Crippen molar-refractivity contribution in [3.8, 4) is 0 Å². The molecule has 1 N–H and O–H groups in total. The van der Waals surface area contributed by atoms with Crippen molar-refractivity contribution < 1.29 is 0 Å². The van der Waals surface area contributed by atoms with Crippen LogP contribution in [0.4, 0.5) is 5.82 Å². The fraction of sp³-hybridized carbons (Fsp3) is 0.538. The summed E-state index contributed by atoms with van der Waals surface area (Å²) in [5, 5.41) is 5.64. The maximum atomic E-state index is 4.49. The first-order valence-electron chi connectivity index (χ1n) is 6.55. The van der Waals surface area contributed by atoms with E-state index in [-0.39, 0.29) is 0 Å². The SMILES string of the molecule is CCN(CC1CCCN1)c1ncnc2ccsc12. The lowest BCUT2D eigenvalue weighted by atomic mass is 10.2. The van der Waals surface area contributed by atoms with E-state index >= 15 is 0 Å². The predicted molar refractivity (Wildman–Crippen MR) is 76.3 cm³/mol. The van der Waals surface area contributed by atoms with Crippen molar-refractivity contribution in [3.05, 3.63) is 17.8 Å². The molecule has 18 heavy (non-hydrogen) atoms. The Balaban J connectivity index is 1.87. The molecule has 5 heteroatoms. The largest absolute Gasteiger partial charge is 0.354 e. The lowest BCUT2D eigenvalue weighted by Crippen LogP contribution is -2.38. The van der Waals surface area contributed by atoms with Crippen LogP contribution in [0.15, 0.2) is 17.8 Å². The van der Waals surface area contributed by atoms with Crippen LogP contribution in [0.25, 0.3) is 10.2 Å². The van der Waals surface area contributed by atoms with Crippen LogP contribution < -0.4 is 10.2 Å². The van der Waals surface area contributed by atoms with E-state index in [1.165, 1.54) is 17.5 Å². The van der Waals surface area contributed by atoms with Crippen molar-refractivity contribution in [2.45, 2.75) is 25.8 Å². The summed E-state index contributed by atoms with van der Waals surface area (Å²) in [5.74, 6) is 1.09. The van der Waals surface area contributed by atoms with E-state index in [0.717, 1.165) is 31.0 Å². The van der Waals surface area contributed by atoms with Gasteiger partial charge in [0.25, 0.3) is 0 Å². The first kappa shape index (κ1) is 11.9. The van der Waals surface area contributed by atoms with Crippen molar-refractivity contribution in [2.75, 3.05) is 24.5 Å². The van der Waals surface area contributed by atoms with E-state index < -0.39 is 0 Å². The van der Waals surface area contributed by atoms with E-state index in [2.05, 4.69) is 38.6 Å². The number of hydrogen-bond acceptors (Lipinski definition) is 5. The van der Waals surface area contributed by atoms with Gasteiger partial charge in [0, 0.05) is 19.1 Å². The lowest BCUT2D eigenvalue weighted by Gasteiger charge is -2.25. The molecule has 1 fully saturated rings.